The lowest BCUT2D eigenvalue weighted by molar-refractivity contribution is 0.197. The number of nitrogens with two attached hydrogens (primary N) is 1. The lowest BCUT2D eigenvalue weighted by atomic mass is 9.94. The number of phenolic OH excluding ortho intramolecular Hbond substituents is 1. The number of phenols is 1. The zero-order valence-electron chi connectivity index (χ0n) is 9.89. The van der Waals surface area contributed by atoms with Crippen molar-refractivity contribution in [2.45, 2.75) is 37.8 Å². The summed E-state index contributed by atoms with van der Waals surface area (Å²) in [6.45, 7) is 0.203. The Labute approximate surface area is 101 Å². The van der Waals surface area contributed by atoms with E-state index in [0.29, 0.717) is 11.7 Å². The van der Waals surface area contributed by atoms with Gasteiger partial charge in [0.1, 0.15) is 5.75 Å². The molecule has 0 aromatic heterocycles. The van der Waals surface area contributed by atoms with E-state index >= 15 is 0 Å². The van der Waals surface area contributed by atoms with Crippen LogP contribution in [-0.4, -0.2) is 28.9 Å². The highest BCUT2D eigenvalue weighted by Gasteiger charge is 2.20. The van der Waals surface area contributed by atoms with E-state index in [2.05, 4.69) is 5.32 Å². The van der Waals surface area contributed by atoms with Crippen LogP contribution in [0, 0.1) is 0 Å². The van der Waals surface area contributed by atoms with Gasteiger partial charge in [0.2, 0.25) is 0 Å². The minimum Gasteiger partial charge on any atom is -0.506 e. The van der Waals surface area contributed by atoms with Crippen molar-refractivity contribution in [1.29, 1.82) is 0 Å². The zero-order valence-corrected chi connectivity index (χ0v) is 9.89. The number of anilines is 1. The van der Waals surface area contributed by atoms with Crippen molar-refractivity contribution in [2.24, 2.45) is 0 Å². The van der Waals surface area contributed by atoms with Gasteiger partial charge in [-0.3, -0.25) is 0 Å². The minimum atomic E-state index is 0.138. The third kappa shape index (κ3) is 3.11. The standard InChI is InChI=1S/C13H20N2O2/c14-12-7-9(4-5-13(12)17)6-10-2-1-3-11(8-16)15-10/h4-5,7,10-11,15-17H,1-3,6,8,14H2. The Morgan fingerprint density at radius 3 is 2.76 bits per heavy atom. The van der Waals surface area contributed by atoms with E-state index in [0.717, 1.165) is 31.2 Å². The van der Waals surface area contributed by atoms with E-state index in [-0.39, 0.29) is 18.4 Å². The van der Waals surface area contributed by atoms with Gasteiger partial charge in [0.25, 0.3) is 0 Å². The van der Waals surface area contributed by atoms with Gasteiger partial charge in [-0.15, -0.1) is 0 Å². The molecule has 1 aliphatic heterocycles. The molecule has 5 N–H and O–H groups in total. The average molecular weight is 236 g/mol. The van der Waals surface area contributed by atoms with Crippen LogP contribution in [0.4, 0.5) is 5.69 Å². The average Bonchev–Trinajstić information content (AvgIpc) is 2.34. The fraction of sp³-hybridized carbons (Fsp3) is 0.538. The first-order valence-electron chi connectivity index (χ1n) is 6.13. The topological polar surface area (TPSA) is 78.5 Å². The van der Waals surface area contributed by atoms with Crippen molar-refractivity contribution in [3.05, 3.63) is 23.8 Å². The zero-order chi connectivity index (χ0) is 12.3. The quantitative estimate of drug-likeness (QED) is 0.467. The van der Waals surface area contributed by atoms with Crippen molar-refractivity contribution >= 4 is 5.69 Å². The summed E-state index contributed by atoms with van der Waals surface area (Å²) in [4.78, 5) is 0. The van der Waals surface area contributed by atoms with Gasteiger partial charge in [-0.25, -0.2) is 0 Å². The molecule has 1 aromatic carbocycles. The number of aromatic hydroxyl groups is 1. The molecule has 1 saturated heterocycles. The number of rotatable bonds is 3. The van der Waals surface area contributed by atoms with Crippen LogP contribution in [0.3, 0.4) is 0 Å². The van der Waals surface area contributed by atoms with Gasteiger partial charge >= 0.3 is 0 Å². The maximum Gasteiger partial charge on any atom is 0.138 e. The van der Waals surface area contributed by atoms with Crippen LogP contribution in [-0.2, 0) is 6.42 Å². The van der Waals surface area contributed by atoms with Crippen molar-refractivity contribution in [1.82, 2.24) is 5.32 Å². The normalized spacial score (nSPS) is 24.8. The van der Waals surface area contributed by atoms with Crippen LogP contribution in [0.1, 0.15) is 24.8 Å². The molecule has 1 aliphatic rings. The highest BCUT2D eigenvalue weighted by Crippen LogP contribution is 2.23. The predicted octanol–water partition coefficient (Wildman–Crippen LogP) is 1.02. The number of hydrogen-bond donors (Lipinski definition) is 4. The molecule has 1 heterocycles. The fourth-order valence-corrected chi connectivity index (χ4v) is 2.43. The van der Waals surface area contributed by atoms with Gasteiger partial charge in [-0.1, -0.05) is 12.5 Å². The lowest BCUT2D eigenvalue weighted by Gasteiger charge is -2.30. The number of benzene rings is 1. The van der Waals surface area contributed by atoms with Gasteiger partial charge in [-0.05, 0) is 37.0 Å². The Hall–Kier alpha value is -1.26. The Balaban J connectivity index is 1.97. The number of aliphatic hydroxyl groups excluding tert-OH is 1. The lowest BCUT2D eigenvalue weighted by Crippen LogP contribution is -2.45. The van der Waals surface area contributed by atoms with E-state index in [9.17, 15) is 5.11 Å². The molecule has 2 rings (SSSR count). The van der Waals surface area contributed by atoms with Gasteiger partial charge in [0.15, 0.2) is 0 Å². The minimum absolute atomic E-state index is 0.138. The summed E-state index contributed by atoms with van der Waals surface area (Å²) in [5, 5.41) is 21.9. The third-order valence-electron chi connectivity index (χ3n) is 3.37. The summed E-state index contributed by atoms with van der Waals surface area (Å²) in [6, 6.07) is 5.97. The van der Waals surface area contributed by atoms with Crippen LogP contribution >= 0.6 is 0 Å². The maximum atomic E-state index is 9.36. The van der Waals surface area contributed by atoms with Crippen LogP contribution in [0.15, 0.2) is 18.2 Å². The summed E-state index contributed by atoms with van der Waals surface area (Å²) >= 11 is 0. The molecule has 0 amide bonds. The number of aliphatic hydroxyl groups is 1. The number of piperidine rings is 1. The molecule has 0 aliphatic carbocycles. The van der Waals surface area contributed by atoms with Crippen molar-refractivity contribution in [3.63, 3.8) is 0 Å². The summed E-state index contributed by atoms with van der Waals surface area (Å²) < 4.78 is 0. The monoisotopic (exact) mass is 236 g/mol. The Morgan fingerprint density at radius 2 is 2.06 bits per heavy atom. The highest BCUT2D eigenvalue weighted by molar-refractivity contribution is 5.53. The van der Waals surface area contributed by atoms with Crippen LogP contribution in [0.25, 0.3) is 0 Å². The molecule has 1 fully saturated rings. The molecule has 0 radical (unpaired) electrons. The SMILES string of the molecule is Nc1cc(CC2CCCC(CO)N2)ccc1O. The third-order valence-corrected chi connectivity index (χ3v) is 3.37. The number of nitrogen functional groups attached to an aromatic ring is 1. The molecule has 0 spiro atoms. The number of nitrogens with one attached hydrogen (secondary N) is 1. The van der Waals surface area contributed by atoms with E-state index in [1.807, 2.05) is 12.1 Å². The van der Waals surface area contributed by atoms with Gasteiger partial charge in [-0.2, -0.15) is 0 Å². The van der Waals surface area contributed by atoms with Crippen LogP contribution in [0.2, 0.25) is 0 Å². The van der Waals surface area contributed by atoms with Crippen molar-refractivity contribution in [3.8, 4) is 5.75 Å². The van der Waals surface area contributed by atoms with Crippen LogP contribution < -0.4 is 11.1 Å². The Morgan fingerprint density at radius 1 is 1.29 bits per heavy atom. The fourth-order valence-electron chi connectivity index (χ4n) is 2.43. The summed E-state index contributed by atoms with van der Waals surface area (Å²) in [6.07, 6.45) is 4.21. The molecule has 1 aromatic rings. The molecule has 4 nitrogen and oxygen atoms in total. The maximum absolute atomic E-state index is 9.36. The van der Waals surface area contributed by atoms with Gasteiger partial charge < -0.3 is 21.3 Å². The first kappa shape index (κ1) is 12.2. The molecule has 4 heteroatoms. The Kier molecular flexibility index (Phi) is 3.86. The van der Waals surface area contributed by atoms with E-state index in [1.165, 1.54) is 0 Å². The first-order chi connectivity index (χ1) is 8.19. The van der Waals surface area contributed by atoms with Crippen LogP contribution in [0.5, 0.6) is 5.75 Å². The molecule has 0 saturated carbocycles. The summed E-state index contributed by atoms with van der Waals surface area (Å²) in [7, 11) is 0. The molecular weight excluding hydrogens is 216 g/mol. The van der Waals surface area contributed by atoms with E-state index < -0.39 is 0 Å². The summed E-state index contributed by atoms with van der Waals surface area (Å²) in [5.74, 6) is 0.138. The predicted molar refractivity (Wildman–Crippen MR) is 67.9 cm³/mol. The Bertz CT molecular complexity index is 382. The molecule has 0 bridgehead atoms. The summed E-state index contributed by atoms with van der Waals surface area (Å²) in [5.41, 5.74) is 7.22. The molecule has 94 valence electrons. The van der Waals surface area contributed by atoms with E-state index in [4.69, 9.17) is 10.8 Å². The molecule has 17 heavy (non-hydrogen) atoms. The largest absolute Gasteiger partial charge is 0.506 e. The van der Waals surface area contributed by atoms with E-state index in [1.54, 1.807) is 6.07 Å². The van der Waals surface area contributed by atoms with Gasteiger partial charge in [0.05, 0.1) is 12.3 Å². The number of hydrogen-bond acceptors (Lipinski definition) is 4. The highest BCUT2D eigenvalue weighted by atomic mass is 16.3. The first-order valence-corrected chi connectivity index (χ1v) is 6.13. The second-order valence-electron chi connectivity index (χ2n) is 4.77. The smallest absolute Gasteiger partial charge is 0.138 e. The van der Waals surface area contributed by atoms with Gasteiger partial charge in [0, 0.05) is 12.1 Å². The van der Waals surface area contributed by atoms with Crippen molar-refractivity contribution in [2.75, 3.05) is 12.3 Å². The second-order valence-corrected chi connectivity index (χ2v) is 4.77. The second kappa shape index (κ2) is 5.38. The van der Waals surface area contributed by atoms with Crippen molar-refractivity contribution < 1.29 is 10.2 Å². The molecule has 2 atom stereocenters. The molecular formula is C13H20N2O2. The molecule has 2 unspecified atom stereocenters.